The number of ether oxygens (including phenoxy) is 1. The van der Waals surface area contributed by atoms with Gasteiger partial charge in [0.2, 0.25) is 5.88 Å². The van der Waals surface area contributed by atoms with Crippen LogP contribution in [0.3, 0.4) is 0 Å². The summed E-state index contributed by atoms with van der Waals surface area (Å²) in [5.74, 6) is 0.423. The average molecular weight is 310 g/mol. The zero-order valence-electron chi connectivity index (χ0n) is 10.6. The van der Waals surface area contributed by atoms with Crippen molar-refractivity contribution < 1.29 is 9.84 Å². The van der Waals surface area contributed by atoms with E-state index in [1.807, 2.05) is 0 Å². The Kier molecular flexibility index (Phi) is 5.01. The molecule has 104 valence electrons. The molecule has 0 fully saturated rings. The molecule has 0 amide bonds. The Bertz CT molecular complexity index is 617. The summed E-state index contributed by atoms with van der Waals surface area (Å²) >= 11 is 11.7. The molecule has 1 aromatic heterocycles. The lowest BCUT2D eigenvalue weighted by molar-refractivity contribution is 0.222. The number of aromatic nitrogens is 1. The van der Waals surface area contributed by atoms with Gasteiger partial charge in [-0.3, -0.25) is 0 Å². The topological polar surface area (TPSA) is 42.4 Å². The summed E-state index contributed by atoms with van der Waals surface area (Å²) in [6.07, 6.45) is 0.645. The molecule has 1 atom stereocenters. The van der Waals surface area contributed by atoms with Gasteiger partial charge in [-0.2, -0.15) is 0 Å². The van der Waals surface area contributed by atoms with E-state index in [4.69, 9.17) is 27.9 Å². The van der Waals surface area contributed by atoms with Crippen LogP contribution in [0.4, 0.5) is 0 Å². The molecule has 20 heavy (non-hydrogen) atoms. The second-order valence-electron chi connectivity index (χ2n) is 4.11. The number of nitrogens with zero attached hydrogens (tertiary/aromatic N) is 1. The normalized spacial score (nSPS) is 11.9. The van der Waals surface area contributed by atoms with Crippen LogP contribution < -0.4 is 4.74 Å². The van der Waals surface area contributed by atoms with Crippen LogP contribution in [-0.2, 0) is 6.61 Å². The molecule has 3 nitrogen and oxygen atoms in total. The van der Waals surface area contributed by atoms with Gasteiger partial charge in [-0.15, -0.1) is 6.58 Å². The van der Waals surface area contributed by atoms with Crippen molar-refractivity contribution in [1.82, 2.24) is 4.98 Å². The Balaban J connectivity index is 2.19. The average Bonchev–Trinajstić information content (AvgIpc) is 2.45. The molecule has 1 unspecified atom stereocenters. The first kappa shape index (κ1) is 14.9. The number of halogens is 2. The summed E-state index contributed by atoms with van der Waals surface area (Å²) in [5, 5.41) is 10.8. The third kappa shape index (κ3) is 3.73. The third-order valence-corrected chi connectivity index (χ3v) is 3.16. The molecule has 1 heterocycles. The van der Waals surface area contributed by atoms with Crippen LogP contribution >= 0.6 is 23.2 Å². The summed E-state index contributed by atoms with van der Waals surface area (Å²) < 4.78 is 5.56. The van der Waals surface area contributed by atoms with E-state index in [9.17, 15) is 5.11 Å². The van der Waals surface area contributed by atoms with Crippen molar-refractivity contribution in [3.63, 3.8) is 0 Å². The van der Waals surface area contributed by atoms with E-state index in [0.29, 0.717) is 21.6 Å². The van der Waals surface area contributed by atoms with Gasteiger partial charge in [-0.1, -0.05) is 41.4 Å². The van der Waals surface area contributed by atoms with Crippen LogP contribution in [0.5, 0.6) is 5.88 Å². The Morgan fingerprint density at radius 3 is 2.80 bits per heavy atom. The molecule has 0 saturated heterocycles. The summed E-state index contributed by atoms with van der Waals surface area (Å²) in [5.41, 5.74) is 1.47. The zero-order chi connectivity index (χ0) is 14.5. The molecule has 5 heteroatoms. The Morgan fingerprint density at radius 2 is 2.10 bits per heavy atom. The summed E-state index contributed by atoms with van der Waals surface area (Å²) in [7, 11) is 0. The third-order valence-electron chi connectivity index (χ3n) is 2.71. The maximum Gasteiger partial charge on any atom is 0.214 e. The minimum atomic E-state index is -0.792. The quantitative estimate of drug-likeness (QED) is 0.665. The summed E-state index contributed by atoms with van der Waals surface area (Å²) in [4.78, 5) is 4.03. The largest absolute Gasteiger partial charge is 0.473 e. The Hall–Kier alpha value is -1.55. The maximum atomic E-state index is 9.91. The van der Waals surface area contributed by atoms with Crippen LogP contribution in [0.25, 0.3) is 0 Å². The first-order valence-corrected chi connectivity index (χ1v) is 6.70. The van der Waals surface area contributed by atoms with Gasteiger partial charge >= 0.3 is 0 Å². The van der Waals surface area contributed by atoms with Gasteiger partial charge in [0.1, 0.15) is 11.8 Å². The molecule has 0 saturated carbocycles. The summed E-state index contributed by atoms with van der Waals surface area (Å²) in [6, 6.07) is 10.4. The van der Waals surface area contributed by atoms with Gasteiger partial charge < -0.3 is 9.84 Å². The highest BCUT2D eigenvalue weighted by Crippen LogP contribution is 2.24. The smallest absolute Gasteiger partial charge is 0.214 e. The van der Waals surface area contributed by atoms with Crippen molar-refractivity contribution in [1.29, 1.82) is 0 Å². The molecular weight excluding hydrogens is 297 g/mol. The predicted octanol–water partition coefficient (Wildman–Crippen LogP) is 4.19. The molecule has 0 aliphatic carbocycles. The fraction of sp³-hybridized carbons (Fsp3) is 0.133. The standard InChI is InChI=1S/C15H13Cl2NO2/c1-2-13(19)12-8-11(16)7-6-10(12)9-20-15-5-3-4-14(17)18-15/h2-8,13,19H,1,9H2. The molecule has 1 aromatic carbocycles. The number of hydrogen-bond acceptors (Lipinski definition) is 3. The van der Waals surface area contributed by atoms with Crippen LogP contribution in [0.15, 0.2) is 49.1 Å². The molecular formula is C15H13Cl2NO2. The van der Waals surface area contributed by atoms with E-state index in [1.165, 1.54) is 6.08 Å². The SMILES string of the molecule is C=CC(O)c1cc(Cl)ccc1COc1cccc(Cl)n1. The van der Waals surface area contributed by atoms with Crippen LogP contribution in [0, 0.1) is 0 Å². The van der Waals surface area contributed by atoms with Crippen LogP contribution in [0.2, 0.25) is 10.2 Å². The van der Waals surface area contributed by atoms with Crippen molar-refractivity contribution in [2.75, 3.05) is 0 Å². The maximum absolute atomic E-state index is 9.91. The second-order valence-corrected chi connectivity index (χ2v) is 4.93. The van der Waals surface area contributed by atoms with E-state index in [1.54, 1.807) is 36.4 Å². The van der Waals surface area contributed by atoms with Gasteiger partial charge in [0.05, 0.1) is 6.10 Å². The molecule has 2 rings (SSSR count). The minimum absolute atomic E-state index is 0.255. The van der Waals surface area contributed by atoms with Crippen molar-refractivity contribution >= 4 is 23.2 Å². The summed E-state index contributed by atoms with van der Waals surface area (Å²) in [6.45, 7) is 3.83. The van der Waals surface area contributed by atoms with E-state index in [-0.39, 0.29) is 6.61 Å². The number of pyridine rings is 1. The van der Waals surface area contributed by atoms with Gasteiger partial charge in [-0.25, -0.2) is 4.98 Å². The number of hydrogen-bond donors (Lipinski definition) is 1. The molecule has 2 aromatic rings. The van der Waals surface area contributed by atoms with E-state index in [0.717, 1.165) is 5.56 Å². The zero-order valence-corrected chi connectivity index (χ0v) is 12.1. The van der Waals surface area contributed by atoms with E-state index in [2.05, 4.69) is 11.6 Å². The van der Waals surface area contributed by atoms with Gasteiger partial charge in [0.15, 0.2) is 0 Å². The van der Waals surface area contributed by atoms with E-state index >= 15 is 0 Å². The minimum Gasteiger partial charge on any atom is -0.473 e. The van der Waals surface area contributed by atoms with Crippen molar-refractivity contribution in [2.45, 2.75) is 12.7 Å². The number of aliphatic hydroxyl groups excluding tert-OH is 1. The fourth-order valence-corrected chi connectivity index (χ4v) is 2.06. The Morgan fingerprint density at radius 1 is 1.30 bits per heavy atom. The first-order valence-electron chi connectivity index (χ1n) is 5.94. The number of aliphatic hydroxyl groups is 1. The lowest BCUT2D eigenvalue weighted by atomic mass is 10.0. The highest BCUT2D eigenvalue weighted by atomic mass is 35.5. The number of benzene rings is 1. The van der Waals surface area contributed by atoms with Gasteiger partial charge in [0.25, 0.3) is 0 Å². The Labute approximate surface area is 127 Å². The van der Waals surface area contributed by atoms with Gasteiger partial charge in [0, 0.05) is 11.1 Å². The highest BCUT2D eigenvalue weighted by Gasteiger charge is 2.11. The predicted molar refractivity (Wildman–Crippen MR) is 80.2 cm³/mol. The fourth-order valence-electron chi connectivity index (χ4n) is 1.72. The van der Waals surface area contributed by atoms with Crippen molar-refractivity contribution in [2.24, 2.45) is 0 Å². The lowest BCUT2D eigenvalue weighted by Crippen LogP contribution is -2.04. The highest BCUT2D eigenvalue weighted by molar-refractivity contribution is 6.30. The second kappa shape index (κ2) is 6.75. The van der Waals surface area contributed by atoms with Gasteiger partial charge in [-0.05, 0) is 29.3 Å². The monoisotopic (exact) mass is 309 g/mol. The molecule has 0 aliphatic heterocycles. The lowest BCUT2D eigenvalue weighted by Gasteiger charge is -2.13. The van der Waals surface area contributed by atoms with Crippen LogP contribution in [0.1, 0.15) is 17.2 Å². The van der Waals surface area contributed by atoms with E-state index < -0.39 is 6.10 Å². The van der Waals surface area contributed by atoms with Crippen molar-refractivity contribution in [3.05, 3.63) is 70.4 Å². The molecule has 1 N–H and O–H groups in total. The molecule has 0 bridgehead atoms. The first-order chi connectivity index (χ1) is 9.60. The van der Waals surface area contributed by atoms with Crippen LogP contribution in [-0.4, -0.2) is 10.1 Å². The number of rotatable bonds is 5. The molecule has 0 spiro atoms. The molecule has 0 aliphatic rings. The molecule has 0 radical (unpaired) electrons. The van der Waals surface area contributed by atoms with Crippen molar-refractivity contribution in [3.8, 4) is 5.88 Å².